The molecule has 1 nitrogen and oxygen atoms in total. The summed E-state index contributed by atoms with van der Waals surface area (Å²) in [6.45, 7) is 2.22. The highest BCUT2D eigenvalue weighted by molar-refractivity contribution is 5.91. The lowest BCUT2D eigenvalue weighted by Gasteiger charge is -2.14. The highest BCUT2D eigenvalue weighted by atomic mass is 14.7. The van der Waals surface area contributed by atoms with Crippen LogP contribution in [0.4, 0.5) is 0 Å². The Balaban J connectivity index is 1.99. The number of para-hydroxylation sites is 1. The average molecular weight is 245 g/mol. The Morgan fingerprint density at radius 2 is 1.63 bits per heavy atom. The summed E-state index contributed by atoms with van der Waals surface area (Å²) in [6, 6.07) is 19.3. The summed E-state index contributed by atoms with van der Waals surface area (Å²) in [4.78, 5) is 3.53. The quantitative estimate of drug-likeness (QED) is 0.638. The van der Waals surface area contributed by atoms with Gasteiger partial charge in [0.2, 0.25) is 0 Å². The van der Waals surface area contributed by atoms with E-state index in [9.17, 15) is 0 Å². The first-order valence-electron chi connectivity index (χ1n) is 6.68. The number of aromatic nitrogens is 1. The SMILES string of the molecule is CC1=Cc2[nH]c3ccccc3c2C1c1ccccc1. The van der Waals surface area contributed by atoms with Crippen molar-refractivity contribution in [2.45, 2.75) is 12.8 Å². The van der Waals surface area contributed by atoms with E-state index < -0.39 is 0 Å². The predicted molar refractivity (Wildman–Crippen MR) is 80.2 cm³/mol. The zero-order valence-corrected chi connectivity index (χ0v) is 10.9. The molecular weight excluding hydrogens is 230 g/mol. The molecule has 19 heavy (non-hydrogen) atoms. The van der Waals surface area contributed by atoms with E-state index in [-0.39, 0.29) is 0 Å². The average Bonchev–Trinajstić information content (AvgIpc) is 2.94. The summed E-state index contributed by atoms with van der Waals surface area (Å²) >= 11 is 0. The molecule has 92 valence electrons. The summed E-state index contributed by atoms with van der Waals surface area (Å²) in [5.41, 5.74) is 6.72. The third kappa shape index (κ3) is 1.48. The molecule has 1 heterocycles. The van der Waals surface area contributed by atoms with Crippen molar-refractivity contribution in [2.24, 2.45) is 0 Å². The van der Waals surface area contributed by atoms with Gasteiger partial charge in [0.25, 0.3) is 0 Å². The van der Waals surface area contributed by atoms with Gasteiger partial charge < -0.3 is 4.98 Å². The normalized spacial score (nSPS) is 17.5. The Bertz CT molecular complexity index is 778. The number of rotatable bonds is 1. The molecule has 0 aliphatic heterocycles. The smallest absolute Gasteiger partial charge is 0.0461 e. The molecule has 0 fully saturated rings. The van der Waals surface area contributed by atoms with Crippen LogP contribution in [0.2, 0.25) is 0 Å². The van der Waals surface area contributed by atoms with Gasteiger partial charge in [-0.1, -0.05) is 54.1 Å². The second-order valence-corrected chi connectivity index (χ2v) is 5.23. The lowest BCUT2D eigenvalue weighted by molar-refractivity contribution is 0.988. The fourth-order valence-electron chi connectivity index (χ4n) is 3.22. The number of hydrogen-bond donors (Lipinski definition) is 1. The van der Waals surface area contributed by atoms with E-state index in [1.807, 2.05) is 0 Å². The minimum Gasteiger partial charge on any atom is -0.355 e. The summed E-state index contributed by atoms with van der Waals surface area (Å²) in [7, 11) is 0. The van der Waals surface area contributed by atoms with Crippen LogP contribution in [0.5, 0.6) is 0 Å². The van der Waals surface area contributed by atoms with Gasteiger partial charge in [-0.25, -0.2) is 0 Å². The van der Waals surface area contributed by atoms with Gasteiger partial charge in [-0.05, 0) is 30.2 Å². The van der Waals surface area contributed by atoms with Crippen molar-refractivity contribution in [3.63, 3.8) is 0 Å². The standard InChI is InChI=1S/C18H15N/c1-12-11-16-18(14-9-5-6-10-15(14)19-16)17(12)13-7-3-2-4-8-13/h2-11,17,19H,1H3. The summed E-state index contributed by atoms with van der Waals surface area (Å²) in [5, 5.41) is 1.35. The molecule has 0 saturated heterocycles. The Kier molecular flexibility index (Phi) is 2.16. The van der Waals surface area contributed by atoms with Gasteiger partial charge in [-0.2, -0.15) is 0 Å². The maximum Gasteiger partial charge on any atom is 0.0461 e. The van der Waals surface area contributed by atoms with Crippen LogP contribution in [0.3, 0.4) is 0 Å². The van der Waals surface area contributed by atoms with Gasteiger partial charge in [0.15, 0.2) is 0 Å². The maximum atomic E-state index is 3.53. The molecular formula is C18H15N. The number of H-pyrrole nitrogens is 1. The molecule has 1 N–H and O–H groups in total. The first-order valence-corrected chi connectivity index (χ1v) is 6.68. The van der Waals surface area contributed by atoms with Crippen LogP contribution in [0.25, 0.3) is 17.0 Å². The van der Waals surface area contributed by atoms with Crippen LogP contribution >= 0.6 is 0 Å². The van der Waals surface area contributed by atoms with Gasteiger partial charge in [0.1, 0.15) is 0 Å². The van der Waals surface area contributed by atoms with Crippen molar-refractivity contribution in [1.82, 2.24) is 4.98 Å². The van der Waals surface area contributed by atoms with E-state index >= 15 is 0 Å². The van der Waals surface area contributed by atoms with E-state index in [4.69, 9.17) is 0 Å². The lowest BCUT2D eigenvalue weighted by Crippen LogP contribution is -1.98. The molecule has 0 radical (unpaired) electrons. The lowest BCUT2D eigenvalue weighted by atomic mass is 9.88. The molecule has 0 bridgehead atoms. The minimum atomic E-state index is 0.396. The van der Waals surface area contributed by atoms with Crippen LogP contribution in [0, 0.1) is 0 Å². The zero-order valence-electron chi connectivity index (χ0n) is 10.9. The van der Waals surface area contributed by atoms with Gasteiger partial charge in [-0.15, -0.1) is 0 Å². The zero-order chi connectivity index (χ0) is 12.8. The first-order chi connectivity index (χ1) is 9.34. The van der Waals surface area contributed by atoms with E-state index in [2.05, 4.69) is 72.6 Å². The number of allylic oxidation sites excluding steroid dienone is 1. The van der Waals surface area contributed by atoms with Crippen molar-refractivity contribution in [3.05, 3.63) is 77.0 Å². The summed E-state index contributed by atoms with van der Waals surface area (Å²) in [5.74, 6) is 0.396. The fourth-order valence-corrected chi connectivity index (χ4v) is 3.22. The number of aromatic amines is 1. The van der Waals surface area contributed by atoms with Crippen molar-refractivity contribution >= 4 is 17.0 Å². The Labute approximate surface area is 112 Å². The molecule has 1 aliphatic rings. The van der Waals surface area contributed by atoms with Crippen molar-refractivity contribution in [1.29, 1.82) is 0 Å². The minimum absolute atomic E-state index is 0.396. The van der Waals surface area contributed by atoms with Crippen LogP contribution < -0.4 is 0 Å². The van der Waals surface area contributed by atoms with Crippen molar-refractivity contribution < 1.29 is 0 Å². The monoisotopic (exact) mass is 245 g/mol. The van der Waals surface area contributed by atoms with E-state index in [1.54, 1.807) is 0 Å². The Hall–Kier alpha value is -2.28. The van der Waals surface area contributed by atoms with Gasteiger partial charge in [-0.3, -0.25) is 0 Å². The molecule has 1 aromatic heterocycles. The molecule has 0 spiro atoms. The van der Waals surface area contributed by atoms with Crippen LogP contribution in [0.1, 0.15) is 29.7 Å². The molecule has 1 unspecified atom stereocenters. The first kappa shape index (κ1) is 10.6. The Morgan fingerprint density at radius 1 is 0.895 bits per heavy atom. The van der Waals surface area contributed by atoms with Gasteiger partial charge in [0.05, 0.1) is 0 Å². The van der Waals surface area contributed by atoms with E-state index in [1.165, 1.54) is 33.3 Å². The molecule has 1 heteroatoms. The maximum absolute atomic E-state index is 3.53. The second-order valence-electron chi connectivity index (χ2n) is 5.23. The predicted octanol–water partition coefficient (Wildman–Crippen LogP) is 4.72. The third-order valence-electron chi connectivity index (χ3n) is 4.03. The highest BCUT2D eigenvalue weighted by Gasteiger charge is 2.27. The number of hydrogen-bond acceptors (Lipinski definition) is 0. The van der Waals surface area contributed by atoms with Gasteiger partial charge in [0, 0.05) is 22.5 Å². The molecule has 1 aliphatic carbocycles. The topological polar surface area (TPSA) is 15.8 Å². The number of benzene rings is 2. The molecule has 0 amide bonds. The number of nitrogens with one attached hydrogen (secondary N) is 1. The largest absolute Gasteiger partial charge is 0.355 e. The molecule has 0 saturated carbocycles. The van der Waals surface area contributed by atoms with Crippen LogP contribution in [-0.4, -0.2) is 4.98 Å². The molecule has 4 rings (SSSR count). The molecule has 1 atom stereocenters. The third-order valence-corrected chi connectivity index (χ3v) is 4.03. The molecule has 3 aromatic rings. The summed E-state index contributed by atoms with van der Waals surface area (Å²) in [6.07, 6.45) is 2.28. The fraction of sp³-hybridized carbons (Fsp3) is 0.111. The van der Waals surface area contributed by atoms with Crippen molar-refractivity contribution in [2.75, 3.05) is 0 Å². The summed E-state index contributed by atoms with van der Waals surface area (Å²) < 4.78 is 0. The van der Waals surface area contributed by atoms with Gasteiger partial charge >= 0.3 is 0 Å². The Morgan fingerprint density at radius 3 is 2.47 bits per heavy atom. The van der Waals surface area contributed by atoms with E-state index in [0.717, 1.165) is 0 Å². The van der Waals surface area contributed by atoms with E-state index in [0.29, 0.717) is 5.92 Å². The van der Waals surface area contributed by atoms with Crippen LogP contribution in [0.15, 0.2) is 60.2 Å². The number of fused-ring (bicyclic) bond motifs is 3. The molecule has 2 aromatic carbocycles. The van der Waals surface area contributed by atoms with Crippen LogP contribution in [-0.2, 0) is 0 Å². The van der Waals surface area contributed by atoms with Crippen molar-refractivity contribution in [3.8, 4) is 0 Å². The second kappa shape index (κ2) is 3.86. The highest BCUT2D eigenvalue weighted by Crippen LogP contribution is 2.44.